The third-order valence-corrected chi connectivity index (χ3v) is 5.91. The molecule has 2 aromatic carbocycles. The van der Waals surface area contributed by atoms with E-state index in [2.05, 4.69) is 20.3 Å². The minimum Gasteiger partial charge on any atom is -0.497 e. The first-order valence-corrected chi connectivity index (χ1v) is 10.4. The first-order chi connectivity index (χ1) is 15.1. The van der Waals surface area contributed by atoms with Crippen LogP contribution in [0.4, 0.5) is 0 Å². The van der Waals surface area contributed by atoms with Crippen molar-refractivity contribution in [1.82, 2.24) is 29.3 Å². The first-order valence-electron chi connectivity index (χ1n) is 9.57. The molecule has 0 aliphatic carbocycles. The van der Waals surface area contributed by atoms with Gasteiger partial charge in [0.15, 0.2) is 11.0 Å². The van der Waals surface area contributed by atoms with Crippen LogP contribution >= 0.6 is 11.8 Å². The molecule has 0 radical (unpaired) electrons. The van der Waals surface area contributed by atoms with Gasteiger partial charge in [-0.3, -0.25) is 9.20 Å². The van der Waals surface area contributed by atoms with Crippen molar-refractivity contribution < 1.29 is 9.26 Å². The quantitative estimate of drug-likeness (QED) is 0.387. The van der Waals surface area contributed by atoms with Crippen molar-refractivity contribution in [3.63, 3.8) is 0 Å². The lowest BCUT2D eigenvalue weighted by Crippen LogP contribution is -2.21. The maximum Gasteiger partial charge on any atom is 0.267 e. The van der Waals surface area contributed by atoms with Crippen LogP contribution in [0.1, 0.15) is 23.9 Å². The number of rotatable bonds is 5. The molecule has 156 valence electrons. The number of fused-ring (bicyclic) bond motifs is 3. The van der Waals surface area contributed by atoms with Crippen molar-refractivity contribution in [3.8, 4) is 11.4 Å². The summed E-state index contributed by atoms with van der Waals surface area (Å²) in [5, 5.41) is 13.6. The molecular weight excluding hydrogens is 416 g/mol. The van der Waals surface area contributed by atoms with Gasteiger partial charge in [0, 0.05) is 6.07 Å². The highest BCUT2D eigenvalue weighted by molar-refractivity contribution is 7.99. The second-order valence-electron chi connectivity index (χ2n) is 6.92. The lowest BCUT2D eigenvalue weighted by molar-refractivity contribution is 0.376. The highest BCUT2D eigenvalue weighted by Gasteiger charge is 2.22. The molecule has 0 N–H and O–H groups in total. The van der Waals surface area contributed by atoms with Crippen LogP contribution in [0.25, 0.3) is 22.4 Å². The van der Waals surface area contributed by atoms with Gasteiger partial charge in [-0.05, 0) is 38.1 Å². The fourth-order valence-electron chi connectivity index (χ4n) is 3.42. The van der Waals surface area contributed by atoms with Crippen molar-refractivity contribution in [2.45, 2.75) is 24.3 Å². The van der Waals surface area contributed by atoms with Crippen molar-refractivity contribution in [3.05, 3.63) is 70.6 Å². The average Bonchev–Trinajstić information content (AvgIpc) is 3.41. The molecule has 10 heteroatoms. The first kappa shape index (κ1) is 19.3. The van der Waals surface area contributed by atoms with E-state index in [0.29, 0.717) is 39.5 Å². The number of para-hydroxylation sites is 1. The van der Waals surface area contributed by atoms with E-state index in [1.54, 1.807) is 30.7 Å². The monoisotopic (exact) mass is 434 g/mol. The molecule has 5 aromatic rings. The van der Waals surface area contributed by atoms with Gasteiger partial charge in [0.2, 0.25) is 11.7 Å². The Kier molecular flexibility index (Phi) is 4.70. The van der Waals surface area contributed by atoms with Crippen molar-refractivity contribution in [1.29, 1.82) is 0 Å². The molecule has 0 aliphatic heterocycles. The Labute approximate surface area is 180 Å². The van der Waals surface area contributed by atoms with E-state index in [4.69, 9.17) is 9.26 Å². The van der Waals surface area contributed by atoms with Crippen LogP contribution in [0.3, 0.4) is 0 Å². The van der Waals surface area contributed by atoms with Gasteiger partial charge in [0.1, 0.15) is 5.75 Å². The van der Waals surface area contributed by atoms with Gasteiger partial charge in [-0.2, -0.15) is 4.98 Å². The second kappa shape index (κ2) is 7.55. The lowest BCUT2D eigenvalue weighted by atomic mass is 10.2. The fraction of sp³-hybridized carbons (Fsp3) is 0.190. The van der Waals surface area contributed by atoms with Crippen molar-refractivity contribution in [2.24, 2.45) is 0 Å². The van der Waals surface area contributed by atoms with Crippen LogP contribution in [0.2, 0.25) is 0 Å². The molecule has 0 fully saturated rings. The molecule has 0 saturated carbocycles. The van der Waals surface area contributed by atoms with Crippen LogP contribution in [-0.4, -0.2) is 36.4 Å². The molecule has 1 unspecified atom stereocenters. The van der Waals surface area contributed by atoms with Gasteiger partial charge in [-0.25, -0.2) is 4.57 Å². The standard InChI is InChI=1S/C21H18N6O3S/c1-12(18-22-13(2)25-30-18)31-21-24-23-20-26(14-7-6-8-15(11-14)29-3)19(28)16-9-4-5-10-17(16)27(20)21/h4-12H,1-3H3. The van der Waals surface area contributed by atoms with Gasteiger partial charge in [0.05, 0.1) is 29.0 Å². The molecular formula is C21H18N6O3S. The molecule has 0 spiro atoms. The predicted octanol–water partition coefficient (Wildman–Crippen LogP) is 3.59. The van der Waals surface area contributed by atoms with Crippen LogP contribution in [0.5, 0.6) is 5.75 Å². The zero-order chi connectivity index (χ0) is 21.5. The van der Waals surface area contributed by atoms with E-state index in [1.807, 2.05) is 47.7 Å². The summed E-state index contributed by atoms with van der Waals surface area (Å²) in [4.78, 5) is 17.7. The number of aromatic nitrogens is 6. The normalized spacial score (nSPS) is 12.5. The van der Waals surface area contributed by atoms with Crippen molar-refractivity contribution >= 4 is 28.4 Å². The van der Waals surface area contributed by atoms with E-state index >= 15 is 0 Å². The Hall–Kier alpha value is -3.66. The van der Waals surface area contributed by atoms with Gasteiger partial charge in [-0.15, -0.1) is 10.2 Å². The molecule has 0 saturated heterocycles. The second-order valence-corrected chi connectivity index (χ2v) is 8.23. The Balaban J connectivity index is 1.75. The van der Waals surface area contributed by atoms with Gasteiger partial charge >= 0.3 is 0 Å². The summed E-state index contributed by atoms with van der Waals surface area (Å²) in [7, 11) is 1.59. The number of methoxy groups -OCH3 is 1. The minimum absolute atomic E-state index is 0.149. The summed E-state index contributed by atoms with van der Waals surface area (Å²) in [5.74, 6) is 2.13. The highest BCUT2D eigenvalue weighted by Crippen LogP contribution is 2.34. The minimum atomic E-state index is -0.180. The number of ether oxygens (including phenoxy) is 1. The van der Waals surface area contributed by atoms with Crippen LogP contribution in [0.15, 0.2) is 63.0 Å². The maximum atomic E-state index is 13.4. The van der Waals surface area contributed by atoms with Crippen molar-refractivity contribution in [2.75, 3.05) is 7.11 Å². The van der Waals surface area contributed by atoms with E-state index in [0.717, 1.165) is 5.52 Å². The summed E-state index contributed by atoms with van der Waals surface area (Å²) in [6, 6.07) is 14.7. The third-order valence-electron chi connectivity index (χ3n) is 4.88. The molecule has 0 aliphatic rings. The summed E-state index contributed by atoms with van der Waals surface area (Å²) in [6.07, 6.45) is 0. The van der Waals surface area contributed by atoms with Gasteiger partial charge in [0.25, 0.3) is 5.56 Å². The molecule has 0 bridgehead atoms. The maximum absolute atomic E-state index is 13.4. The molecule has 3 aromatic heterocycles. The zero-order valence-electron chi connectivity index (χ0n) is 17.0. The average molecular weight is 434 g/mol. The number of hydrogen-bond donors (Lipinski definition) is 0. The summed E-state index contributed by atoms with van der Waals surface area (Å²) in [6.45, 7) is 3.73. The number of benzene rings is 2. The Bertz CT molecular complexity index is 1470. The fourth-order valence-corrected chi connectivity index (χ4v) is 4.31. The van der Waals surface area contributed by atoms with Gasteiger partial charge in [-0.1, -0.05) is 35.1 Å². The molecule has 5 rings (SSSR count). The number of aryl methyl sites for hydroxylation is 1. The van der Waals surface area contributed by atoms with E-state index in [-0.39, 0.29) is 10.8 Å². The number of nitrogens with zero attached hydrogens (tertiary/aromatic N) is 6. The smallest absolute Gasteiger partial charge is 0.267 e. The molecule has 1 atom stereocenters. The van der Waals surface area contributed by atoms with Crippen LogP contribution in [-0.2, 0) is 0 Å². The third kappa shape index (κ3) is 3.25. The summed E-state index contributed by atoms with van der Waals surface area (Å²) >= 11 is 1.43. The topological polar surface area (TPSA) is 100 Å². The Morgan fingerprint density at radius 1 is 1.13 bits per heavy atom. The van der Waals surface area contributed by atoms with Crippen LogP contribution < -0.4 is 10.3 Å². The number of thioether (sulfide) groups is 1. The van der Waals surface area contributed by atoms with E-state index in [1.165, 1.54) is 11.8 Å². The summed E-state index contributed by atoms with van der Waals surface area (Å²) < 4.78 is 14.1. The zero-order valence-corrected chi connectivity index (χ0v) is 17.8. The van der Waals surface area contributed by atoms with E-state index < -0.39 is 0 Å². The molecule has 0 amide bonds. The highest BCUT2D eigenvalue weighted by atomic mass is 32.2. The Morgan fingerprint density at radius 3 is 2.74 bits per heavy atom. The SMILES string of the molecule is COc1cccc(-n2c(=O)c3ccccc3n3c(SC(C)c4nc(C)no4)nnc23)c1. The van der Waals surface area contributed by atoms with Crippen LogP contribution in [0, 0.1) is 6.92 Å². The molecule has 3 heterocycles. The number of hydrogen-bond acceptors (Lipinski definition) is 8. The Morgan fingerprint density at radius 2 is 1.97 bits per heavy atom. The molecule has 9 nitrogen and oxygen atoms in total. The van der Waals surface area contributed by atoms with Gasteiger partial charge < -0.3 is 9.26 Å². The van der Waals surface area contributed by atoms with E-state index in [9.17, 15) is 4.79 Å². The molecule has 31 heavy (non-hydrogen) atoms. The lowest BCUT2D eigenvalue weighted by Gasteiger charge is -2.12. The largest absolute Gasteiger partial charge is 0.497 e. The summed E-state index contributed by atoms with van der Waals surface area (Å²) in [5.41, 5.74) is 1.19. The predicted molar refractivity (Wildman–Crippen MR) is 116 cm³/mol.